The summed E-state index contributed by atoms with van der Waals surface area (Å²) in [5.41, 5.74) is 13.6. The van der Waals surface area contributed by atoms with E-state index >= 15 is 0 Å². The van der Waals surface area contributed by atoms with E-state index in [-0.39, 0.29) is 23.5 Å². The van der Waals surface area contributed by atoms with E-state index in [1.165, 1.54) is 40.2 Å². The number of ether oxygens (including phenoxy) is 2. The molecule has 236 valence electrons. The van der Waals surface area contributed by atoms with E-state index < -0.39 is 0 Å². The minimum atomic E-state index is -0.232. The van der Waals surface area contributed by atoms with E-state index in [2.05, 4.69) is 103 Å². The van der Waals surface area contributed by atoms with Gasteiger partial charge in [-0.05, 0) is 118 Å². The largest absolute Gasteiger partial charge is 0.486 e. The highest BCUT2D eigenvalue weighted by Crippen LogP contribution is 2.65. The minimum absolute atomic E-state index is 0.0817. The highest BCUT2D eigenvalue weighted by atomic mass is 16.5. The predicted octanol–water partition coefficient (Wildman–Crippen LogP) is 9.26. The molecule has 0 aromatic heterocycles. The predicted molar refractivity (Wildman–Crippen MR) is 184 cm³/mol. The third-order valence-corrected chi connectivity index (χ3v) is 12.2. The second-order valence-corrected chi connectivity index (χ2v) is 14.4. The molecule has 1 fully saturated rings. The van der Waals surface area contributed by atoms with E-state index in [0.29, 0.717) is 17.8 Å². The van der Waals surface area contributed by atoms with Crippen molar-refractivity contribution < 1.29 is 9.47 Å². The van der Waals surface area contributed by atoms with E-state index in [0.717, 1.165) is 75.1 Å². The van der Waals surface area contributed by atoms with Gasteiger partial charge >= 0.3 is 0 Å². The smallest absolute Gasteiger partial charge is 0.127 e. The van der Waals surface area contributed by atoms with Crippen molar-refractivity contribution in [3.63, 3.8) is 0 Å². The van der Waals surface area contributed by atoms with Crippen LogP contribution in [0.5, 0.6) is 0 Å². The Hall–Kier alpha value is -3.92. The van der Waals surface area contributed by atoms with E-state index in [1.54, 1.807) is 0 Å². The van der Waals surface area contributed by atoms with Crippen LogP contribution in [0.1, 0.15) is 71.1 Å². The Kier molecular flexibility index (Phi) is 6.84. The number of hydrogen-bond donors (Lipinski definition) is 1. The molecule has 1 saturated heterocycles. The molecule has 9 rings (SSSR count). The first-order chi connectivity index (χ1) is 22.7. The molecule has 0 aromatic rings. The van der Waals surface area contributed by atoms with Crippen LogP contribution in [-0.4, -0.2) is 17.0 Å². The third-order valence-electron chi connectivity index (χ3n) is 12.2. The number of rotatable bonds is 3. The molecule has 0 bridgehead atoms. The molecular weight excluding hydrogens is 564 g/mol. The molecule has 1 spiro atoms. The second kappa shape index (κ2) is 11.1. The van der Waals surface area contributed by atoms with Crippen molar-refractivity contribution in [1.82, 2.24) is 4.90 Å². The van der Waals surface area contributed by atoms with Crippen molar-refractivity contribution in [3.8, 4) is 0 Å². The summed E-state index contributed by atoms with van der Waals surface area (Å²) in [5.74, 6) is 6.10. The Morgan fingerprint density at radius 2 is 1.87 bits per heavy atom. The van der Waals surface area contributed by atoms with Crippen molar-refractivity contribution in [2.45, 2.75) is 83.3 Å². The first-order valence-corrected chi connectivity index (χ1v) is 17.9. The third kappa shape index (κ3) is 4.11. The van der Waals surface area contributed by atoms with Gasteiger partial charge < -0.3 is 20.1 Å². The molecule has 46 heavy (non-hydrogen) atoms. The maximum Gasteiger partial charge on any atom is 0.127 e. The van der Waals surface area contributed by atoms with Crippen molar-refractivity contribution >= 4 is 0 Å². The van der Waals surface area contributed by atoms with Crippen molar-refractivity contribution in [2.24, 2.45) is 34.8 Å². The number of nitrogens with zero attached hydrogens (tertiary/aromatic N) is 1. The monoisotopic (exact) mass is 610 g/mol. The molecule has 6 aliphatic carbocycles. The van der Waals surface area contributed by atoms with Crippen LogP contribution in [-0.2, 0) is 9.47 Å². The fourth-order valence-electron chi connectivity index (χ4n) is 10.3. The second-order valence-electron chi connectivity index (χ2n) is 14.4. The molecule has 0 aromatic carbocycles. The van der Waals surface area contributed by atoms with E-state index in [4.69, 9.17) is 15.2 Å². The number of fused-ring (bicyclic) bond motifs is 7. The van der Waals surface area contributed by atoms with E-state index in [9.17, 15) is 0 Å². The lowest BCUT2D eigenvalue weighted by Crippen LogP contribution is -2.51. The van der Waals surface area contributed by atoms with Gasteiger partial charge in [-0.25, -0.2) is 0 Å². The Labute approximate surface area is 274 Å². The standard InChI is InChI=1S/C42H46N2O2/c1-2-12-31-30-15-6-9-18-36(30)44(41(31)43)29-22-24-35-40(26-29)46-38-20-11-8-17-33(38)42(35)32-16-7-10-19-37(32)45-39-25-28(21-23-34(39)42)27-13-4-3-5-14-27/h2-5,9-10,12-13,17-20,22,24,26-28,30,35-36,40H,6-8,11,14-16,21,23,25,43H2,1H3/b12-2-. The summed E-state index contributed by atoms with van der Waals surface area (Å²) >= 11 is 0. The highest BCUT2D eigenvalue weighted by molar-refractivity contribution is 5.60. The lowest BCUT2D eigenvalue weighted by Gasteiger charge is -2.56. The summed E-state index contributed by atoms with van der Waals surface area (Å²) in [4.78, 5) is 2.39. The SMILES string of the molecule is C/C=C\C1=C(N)N(C2=CC3OC4=CCCC=C4C4(C5=C(C=CCC5)OC5=C4CCC(C4C=CC=CC4)C5)C3C=C2)C2C=CCCC12. The normalized spacial score (nSPS) is 37.3. The molecule has 3 aliphatic heterocycles. The Morgan fingerprint density at radius 1 is 0.935 bits per heavy atom. The summed E-state index contributed by atoms with van der Waals surface area (Å²) in [6.45, 7) is 2.09. The van der Waals surface area contributed by atoms with Crippen LogP contribution in [0.2, 0.25) is 0 Å². The Morgan fingerprint density at radius 3 is 2.76 bits per heavy atom. The minimum Gasteiger partial charge on any atom is -0.486 e. The van der Waals surface area contributed by atoms with Gasteiger partial charge in [0.05, 0.1) is 11.5 Å². The average Bonchev–Trinajstić information content (AvgIpc) is 3.38. The molecular formula is C42H46N2O2. The van der Waals surface area contributed by atoms with Crippen LogP contribution in [0.25, 0.3) is 0 Å². The summed E-state index contributed by atoms with van der Waals surface area (Å²) in [6, 6.07) is 0.253. The van der Waals surface area contributed by atoms with Gasteiger partial charge in [-0.1, -0.05) is 66.8 Å². The number of allylic oxidation sites excluding steroid dienone is 16. The van der Waals surface area contributed by atoms with Crippen molar-refractivity contribution in [1.29, 1.82) is 0 Å². The van der Waals surface area contributed by atoms with Gasteiger partial charge in [0, 0.05) is 29.5 Å². The first kappa shape index (κ1) is 28.3. The number of hydrogen-bond acceptors (Lipinski definition) is 4. The molecule has 7 atom stereocenters. The summed E-state index contributed by atoms with van der Waals surface area (Å²) in [7, 11) is 0. The van der Waals surface area contributed by atoms with E-state index in [1.807, 2.05) is 0 Å². The van der Waals surface area contributed by atoms with Crippen LogP contribution in [0, 0.1) is 29.1 Å². The van der Waals surface area contributed by atoms with Gasteiger partial charge in [-0.3, -0.25) is 0 Å². The maximum atomic E-state index is 7.06. The van der Waals surface area contributed by atoms with Crippen LogP contribution >= 0.6 is 0 Å². The molecule has 0 radical (unpaired) electrons. The van der Waals surface area contributed by atoms with Crippen LogP contribution in [0.3, 0.4) is 0 Å². The molecule has 9 aliphatic rings. The lowest BCUT2D eigenvalue weighted by atomic mass is 9.52. The molecule has 0 amide bonds. The lowest BCUT2D eigenvalue weighted by molar-refractivity contribution is 0.0359. The molecule has 7 unspecified atom stereocenters. The zero-order valence-electron chi connectivity index (χ0n) is 27.0. The van der Waals surface area contributed by atoms with Gasteiger partial charge in [0.1, 0.15) is 29.2 Å². The van der Waals surface area contributed by atoms with Crippen molar-refractivity contribution in [2.75, 3.05) is 0 Å². The van der Waals surface area contributed by atoms with Gasteiger partial charge in [-0.2, -0.15) is 0 Å². The highest BCUT2D eigenvalue weighted by Gasteiger charge is 2.59. The summed E-state index contributed by atoms with van der Waals surface area (Å²) in [5, 5.41) is 0. The first-order valence-electron chi connectivity index (χ1n) is 17.9. The van der Waals surface area contributed by atoms with Gasteiger partial charge in [0.15, 0.2) is 0 Å². The zero-order valence-corrected chi connectivity index (χ0v) is 27.0. The molecule has 4 heteroatoms. The average molecular weight is 611 g/mol. The number of nitrogens with two attached hydrogens (primary N) is 1. The van der Waals surface area contributed by atoms with Gasteiger partial charge in [-0.15, -0.1) is 0 Å². The fraction of sp³-hybridized carbons (Fsp3) is 0.429. The van der Waals surface area contributed by atoms with Crippen LogP contribution in [0.4, 0.5) is 0 Å². The van der Waals surface area contributed by atoms with Gasteiger partial charge in [0.2, 0.25) is 0 Å². The molecule has 2 N–H and O–H groups in total. The van der Waals surface area contributed by atoms with Crippen molar-refractivity contribution in [3.05, 3.63) is 142 Å². The molecule has 4 nitrogen and oxygen atoms in total. The van der Waals surface area contributed by atoms with Crippen LogP contribution in [0.15, 0.2) is 142 Å². The fourth-order valence-corrected chi connectivity index (χ4v) is 10.3. The molecule has 3 heterocycles. The molecule has 0 saturated carbocycles. The quantitative estimate of drug-likeness (QED) is 0.324. The summed E-state index contributed by atoms with van der Waals surface area (Å²) in [6.07, 6.45) is 45.8. The maximum absolute atomic E-state index is 7.06. The zero-order chi connectivity index (χ0) is 30.8. The Balaban J connectivity index is 1.17. The topological polar surface area (TPSA) is 47.7 Å². The summed E-state index contributed by atoms with van der Waals surface area (Å²) < 4.78 is 14.0. The van der Waals surface area contributed by atoms with Crippen LogP contribution < -0.4 is 5.73 Å². The Bertz CT molecular complexity index is 1720. The van der Waals surface area contributed by atoms with Gasteiger partial charge in [0.25, 0.3) is 0 Å².